The van der Waals surface area contributed by atoms with E-state index < -0.39 is 0 Å². The Morgan fingerprint density at radius 3 is 2.84 bits per heavy atom. The van der Waals surface area contributed by atoms with Gasteiger partial charge in [0.1, 0.15) is 6.04 Å². The van der Waals surface area contributed by atoms with Crippen LogP contribution in [0.15, 0.2) is 18.2 Å². The maximum atomic E-state index is 12.1. The van der Waals surface area contributed by atoms with Gasteiger partial charge in [-0.2, -0.15) is 0 Å². The van der Waals surface area contributed by atoms with Crippen LogP contribution in [0.5, 0.6) is 0 Å². The van der Waals surface area contributed by atoms with Gasteiger partial charge in [0.25, 0.3) is 0 Å². The third-order valence-corrected chi connectivity index (χ3v) is 3.82. The van der Waals surface area contributed by atoms with Crippen molar-refractivity contribution in [2.75, 3.05) is 24.5 Å². The molecule has 1 aliphatic heterocycles. The molecule has 3 N–H and O–H groups in total. The van der Waals surface area contributed by atoms with Gasteiger partial charge in [-0.25, -0.2) is 0 Å². The summed E-state index contributed by atoms with van der Waals surface area (Å²) >= 11 is 0. The zero-order valence-corrected chi connectivity index (χ0v) is 11.8. The SMILES string of the molecule is Cc1ccc(N2CCCNC(=O)C2CCN)cc1C. The van der Waals surface area contributed by atoms with E-state index in [9.17, 15) is 4.79 Å². The molecule has 0 aromatic heterocycles. The lowest BCUT2D eigenvalue weighted by Crippen LogP contribution is -2.45. The lowest BCUT2D eigenvalue weighted by molar-refractivity contribution is -0.122. The van der Waals surface area contributed by atoms with Crippen LogP contribution in [0.2, 0.25) is 0 Å². The fourth-order valence-electron chi connectivity index (χ4n) is 2.53. The number of nitrogens with one attached hydrogen (secondary N) is 1. The van der Waals surface area contributed by atoms with Crippen LogP contribution in [-0.2, 0) is 4.79 Å². The van der Waals surface area contributed by atoms with Crippen molar-refractivity contribution in [1.29, 1.82) is 0 Å². The Morgan fingerprint density at radius 2 is 2.16 bits per heavy atom. The van der Waals surface area contributed by atoms with Crippen LogP contribution in [0.1, 0.15) is 24.0 Å². The maximum absolute atomic E-state index is 12.1. The molecule has 1 aromatic carbocycles. The topological polar surface area (TPSA) is 58.4 Å². The molecule has 1 aliphatic rings. The molecule has 0 aliphatic carbocycles. The first-order valence-electron chi connectivity index (χ1n) is 6.95. The lowest BCUT2D eigenvalue weighted by atomic mass is 10.1. The molecular formula is C15H23N3O. The predicted molar refractivity (Wildman–Crippen MR) is 78.3 cm³/mol. The minimum Gasteiger partial charge on any atom is -0.359 e. The number of hydrogen-bond donors (Lipinski definition) is 2. The number of rotatable bonds is 3. The minimum atomic E-state index is -0.144. The normalized spacial score (nSPS) is 20.1. The molecule has 19 heavy (non-hydrogen) atoms. The molecule has 4 heteroatoms. The summed E-state index contributed by atoms with van der Waals surface area (Å²) in [4.78, 5) is 14.3. The first-order chi connectivity index (χ1) is 9.13. The van der Waals surface area contributed by atoms with Crippen LogP contribution in [0.4, 0.5) is 5.69 Å². The highest BCUT2D eigenvalue weighted by molar-refractivity contribution is 5.85. The van der Waals surface area contributed by atoms with E-state index in [0.29, 0.717) is 13.0 Å². The van der Waals surface area contributed by atoms with Gasteiger partial charge in [-0.05, 0) is 56.5 Å². The Bertz CT molecular complexity index is 459. The smallest absolute Gasteiger partial charge is 0.242 e. The zero-order valence-electron chi connectivity index (χ0n) is 11.8. The molecular weight excluding hydrogens is 238 g/mol. The molecule has 0 radical (unpaired) electrons. The summed E-state index contributed by atoms with van der Waals surface area (Å²) < 4.78 is 0. The number of anilines is 1. The number of carbonyl (C=O) groups excluding carboxylic acids is 1. The molecule has 0 saturated carbocycles. The van der Waals surface area contributed by atoms with E-state index in [-0.39, 0.29) is 11.9 Å². The molecule has 1 amide bonds. The van der Waals surface area contributed by atoms with E-state index in [0.717, 1.165) is 25.2 Å². The van der Waals surface area contributed by atoms with E-state index >= 15 is 0 Å². The average molecular weight is 261 g/mol. The van der Waals surface area contributed by atoms with Crippen LogP contribution in [0.3, 0.4) is 0 Å². The first-order valence-corrected chi connectivity index (χ1v) is 6.95. The Hall–Kier alpha value is -1.55. The summed E-state index contributed by atoms with van der Waals surface area (Å²) in [5.41, 5.74) is 9.32. The second kappa shape index (κ2) is 6.06. The van der Waals surface area contributed by atoms with Crippen molar-refractivity contribution in [3.63, 3.8) is 0 Å². The van der Waals surface area contributed by atoms with E-state index in [1.54, 1.807) is 0 Å². The van der Waals surface area contributed by atoms with Gasteiger partial charge in [0.15, 0.2) is 0 Å². The van der Waals surface area contributed by atoms with E-state index in [1.165, 1.54) is 11.1 Å². The largest absolute Gasteiger partial charge is 0.359 e. The Labute approximate surface area is 115 Å². The van der Waals surface area contributed by atoms with Crippen molar-refractivity contribution >= 4 is 11.6 Å². The minimum absolute atomic E-state index is 0.0983. The van der Waals surface area contributed by atoms with Crippen molar-refractivity contribution in [3.8, 4) is 0 Å². The van der Waals surface area contributed by atoms with Crippen LogP contribution in [0.25, 0.3) is 0 Å². The lowest BCUT2D eigenvalue weighted by Gasteiger charge is -2.30. The van der Waals surface area contributed by atoms with Gasteiger partial charge < -0.3 is 16.0 Å². The summed E-state index contributed by atoms with van der Waals surface area (Å²) in [6, 6.07) is 6.24. The first kappa shape index (κ1) is 13.9. The summed E-state index contributed by atoms with van der Waals surface area (Å²) in [5.74, 6) is 0.0983. The third kappa shape index (κ3) is 3.07. The van der Waals surface area contributed by atoms with Crippen molar-refractivity contribution in [3.05, 3.63) is 29.3 Å². The van der Waals surface area contributed by atoms with Crippen molar-refractivity contribution < 1.29 is 4.79 Å². The average Bonchev–Trinajstić information content (AvgIpc) is 2.57. The molecule has 1 aromatic rings. The van der Waals surface area contributed by atoms with Gasteiger partial charge in [0.05, 0.1) is 0 Å². The van der Waals surface area contributed by atoms with Crippen LogP contribution < -0.4 is 16.0 Å². The van der Waals surface area contributed by atoms with Gasteiger partial charge in [0.2, 0.25) is 5.91 Å². The van der Waals surface area contributed by atoms with E-state index in [1.807, 2.05) is 0 Å². The standard InChI is InChI=1S/C15H23N3O/c1-11-4-5-13(10-12(11)2)18-9-3-8-17-15(19)14(18)6-7-16/h4-5,10,14H,3,6-9,16H2,1-2H3,(H,17,19). The number of hydrogen-bond acceptors (Lipinski definition) is 3. The fourth-order valence-corrected chi connectivity index (χ4v) is 2.53. The third-order valence-electron chi connectivity index (χ3n) is 3.82. The summed E-state index contributed by atoms with van der Waals surface area (Å²) in [5, 5.41) is 2.97. The van der Waals surface area contributed by atoms with E-state index in [4.69, 9.17) is 5.73 Å². The summed E-state index contributed by atoms with van der Waals surface area (Å²) in [6.07, 6.45) is 1.67. The molecule has 2 rings (SSSR count). The van der Waals surface area contributed by atoms with Gasteiger partial charge in [-0.1, -0.05) is 6.07 Å². The van der Waals surface area contributed by atoms with Gasteiger partial charge in [-0.3, -0.25) is 4.79 Å². The molecule has 104 valence electrons. The van der Waals surface area contributed by atoms with Crippen LogP contribution in [-0.4, -0.2) is 31.6 Å². The molecule has 1 saturated heterocycles. The molecule has 1 atom stereocenters. The number of nitrogens with zero attached hydrogens (tertiary/aromatic N) is 1. The number of nitrogens with two attached hydrogens (primary N) is 1. The number of amides is 1. The highest BCUT2D eigenvalue weighted by Crippen LogP contribution is 2.23. The van der Waals surface area contributed by atoms with Crippen molar-refractivity contribution in [2.24, 2.45) is 5.73 Å². The van der Waals surface area contributed by atoms with Gasteiger partial charge in [-0.15, -0.1) is 0 Å². The van der Waals surface area contributed by atoms with Gasteiger partial charge in [0, 0.05) is 18.8 Å². The molecule has 0 bridgehead atoms. The quantitative estimate of drug-likeness (QED) is 0.863. The second-order valence-corrected chi connectivity index (χ2v) is 5.20. The van der Waals surface area contributed by atoms with E-state index in [2.05, 4.69) is 42.3 Å². The monoisotopic (exact) mass is 261 g/mol. The summed E-state index contributed by atoms with van der Waals surface area (Å²) in [7, 11) is 0. The fraction of sp³-hybridized carbons (Fsp3) is 0.533. The van der Waals surface area contributed by atoms with Crippen molar-refractivity contribution in [1.82, 2.24) is 5.32 Å². The Morgan fingerprint density at radius 1 is 1.37 bits per heavy atom. The molecule has 1 unspecified atom stereocenters. The van der Waals surface area contributed by atoms with Crippen molar-refractivity contribution in [2.45, 2.75) is 32.7 Å². The highest BCUT2D eigenvalue weighted by atomic mass is 16.2. The molecule has 4 nitrogen and oxygen atoms in total. The molecule has 1 fully saturated rings. The number of aryl methyl sites for hydroxylation is 2. The summed E-state index contributed by atoms with van der Waals surface area (Å²) in [6.45, 7) is 6.38. The van der Waals surface area contributed by atoms with Crippen LogP contribution in [0, 0.1) is 13.8 Å². The molecule has 0 spiro atoms. The predicted octanol–water partition coefficient (Wildman–Crippen LogP) is 1.35. The molecule has 1 heterocycles. The highest BCUT2D eigenvalue weighted by Gasteiger charge is 2.27. The second-order valence-electron chi connectivity index (χ2n) is 5.20. The Balaban J connectivity index is 2.31. The van der Waals surface area contributed by atoms with Crippen LogP contribution >= 0.6 is 0 Å². The maximum Gasteiger partial charge on any atom is 0.242 e. The number of carbonyl (C=O) groups is 1. The Kier molecular flexibility index (Phi) is 4.43. The zero-order chi connectivity index (χ0) is 13.8. The number of benzene rings is 1. The van der Waals surface area contributed by atoms with Gasteiger partial charge >= 0.3 is 0 Å².